The molecule has 8 heteroatoms. The summed E-state index contributed by atoms with van der Waals surface area (Å²) in [5.41, 5.74) is 0.863. The summed E-state index contributed by atoms with van der Waals surface area (Å²) in [5, 5.41) is 11.4. The third kappa shape index (κ3) is 3.82. The van der Waals surface area contributed by atoms with Crippen molar-refractivity contribution >= 4 is 27.3 Å². The quantitative estimate of drug-likeness (QED) is 0.669. The van der Waals surface area contributed by atoms with Crippen molar-refractivity contribution in [1.82, 2.24) is 4.72 Å². The average Bonchev–Trinajstić information content (AvgIpc) is 2.45. The van der Waals surface area contributed by atoms with Gasteiger partial charge in [-0.2, -0.15) is 0 Å². The van der Waals surface area contributed by atoms with Gasteiger partial charge in [-0.05, 0) is 30.7 Å². The van der Waals surface area contributed by atoms with Crippen LogP contribution in [0.5, 0.6) is 0 Å². The lowest BCUT2D eigenvalue weighted by atomic mass is 10.2. The molecule has 1 N–H and O–H groups in total. The summed E-state index contributed by atoms with van der Waals surface area (Å²) in [5.74, 6) is 0. The van der Waals surface area contributed by atoms with E-state index in [2.05, 4.69) is 4.72 Å². The van der Waals surface area contributed by atoms with Crippen molar-refractivity contribution in [2.45, 2.75) is 18.4 Å². The van der Waals surface area contributed by atoms with Crippen LogP contribution in [0.2, 0.25) is 5.02 Å². The number of hydrogen-bond donors (Lipinski definition) is 1. The highest BCUT2D eigenvalue weighted by Gasteiger charge is 2.19. The molecular weight excluding hydrogens is 328 g/mol. The molecule has 0 aliphatic heterocycles. The SMILES string of the molecule is Cc1ccc(S(=O)(=O)NCc2cccc(Cl)c2)cc1[N+](=O)[O-]. The second-order valence-corrected chi connectivity index (χ2v) is 6.86. The van der Waals surface area contributed by atoms with Gasteiger partial charge in [0.25, 0.3) is 5.69 Å². The zero-order chi connectivity index (χ0) is 16.3. The van der Waals surface area contributed by atoms with Gasteiger partial charge < -0.3 is 0 Å². The first-order valence-corrected chi connectivity index (χ1v) is 8.15. The second kappa shape index (κ2) is 6.43. The first-order valence-electron chi connectivity index (χ1n) is 6.29. The maximum atomic E-state index is 12.2. The van der Waals surface area contributed by atoms with E-state index in [4.69, 9.17) is 11.6 Å². The summed E-state index contributed by atoms with van der Waals surface area (Å²) in [6.07, 6.45) is 0. The molecule has 2 rings (SSSR count). The first kappa shape index (κ1) is 16.4. The van der Waals surface area contributed by atoms with Gasteiger partial charge in [-0.15, -0.1) is 0 Å². The summed E-state index contributed by atoms with van der Waals surface area (Å²) < 4.78 is 26.8. The van der Waals surface area contributed by atoms with E-state index < -0.39 is 14.9 Å². The van der Waals surface area contributed by atoms with Gasteiger partial charge in [0, 0.05) is 23.2 Å². The highest BCUT2D eigenvalue weighted by molar-refractivity contribution is 7.89. The average molecular weight is 341 g/mol. The molecule has 0 aromatic heterocycles. The standard InChI is InChI=1S/C14H13ClN2O4S/c1-10-5-6-13(8-14(10)17(18)19)22(20,21)16-9-11-3-2-4-12(15)7-11/h2-8,16H,9H2,1H3. The van der Waals surface area contributed by atoms with Crippen molar-refractivity contribution in [3.8, 4) is 0 Å². The summed E-state index contributed by atoms with van der Waals surface area (Å²) in [7, 11) is -3.84. The van der Waals surface area contributed by atoms with Crippen molar-refractivity contribution in [2.75, 3.05) is 0 Å². The van der Waals surface area contributed by atoms with Gasteiger partial charge >= 0.3 is 0 Å². The fraction of sp³-hybridized carbons (Fsp3) is 0.143. The van der Waals surface area contributed by atoms with E-state index in [0.717, 1.165) is 6.07 Å². The van der Waals surface area contributed by atoms with E-state index >= 15 is 0 Å². The summed E-state index contributed by atoms with van der Waals surface area (Å²) >= 11 is 5.83. The number of aryl methyl sites for hydroxylation is 1. The Balaban J connectivity index is 2.24. The Morgan fingerprint density at radius 2 is 1.95 bits per heavy atom. The molecule has 0 aliphatic carbocycles. The predicted octanol–water partition coefficient (Wildman–Crippen LogP) is 3.04. The van der Waals surface area contributed by atoms with Crippen LogP contribution in [0.4, 0.5) is 5.69 Å². The monoisotopic (exact) mass is 340 g/mol. The number of halogens is 1. The van der Waals surface area contributed by atoms with Crippen molar-refractivity contribution in [2.24, 2.45) is 0 Å². The molecule has 2 aromatic carbocycles. The summed E-state index contributed by atoms with van der Waals surface area (Å²) in [6, 6.07) is 10.6. The fourth-order valence-corrected chi connectivity index (χ4v) is 3.11. The Morgan fingerprint density at radius 3 is 2.59 bits per heavy atom. The number of nitrogens with zero attached hydrogens (tertiary/aromatic N) is 1. The molecule has 0 aliphatic rings. The first-order chi connectivity index (χ1) is 10.3. The van der Waals surface area contributed by atoms with Gasteiger partial charge in [-0.25, -0.2) is 13.1 Å². The summed E-state index contributed by atoms with van der Waals surface area (Å²) in [4.78, 5) is 10.1. The highest BCUT2D eigenvalue weighted by atomic mass is 35.5. The zero-order valence-electron chi connectivity index (χ0n) is 11.6. The molecule has 6 nitrogen and oxygen atoms in total. The van der Waals surface area contributed by atoms with E-state index in [1.807, 2.05) is 0 Å². The predicted molar refractivity (Wildman–Crippen MR) is 83.3 cm³/mol. The largest absolute Gasteiger partial charge is 0.273 e. The van der Waals surface area contributed by atoms with E-state index in [1.54, 1.807) is 31.2 Å². The number of nitro groups is 1. The van der Waals surface area contributed by atoms with Gasteiger partial charge in [-0.1, -0.05) is 29.8 Å². The van der Waals surface area contributed by atoms with Crippen molar-refractivity contribution in [1.29, 1.82) is 0 Å². The number of benzene rings is 2. The summed E-state index contributed by atoms with van der Waals surface area (Å²) in [6.45, 7) is 1.60. The van der Waals surface area contributed by atoms with Gasteiger partial charge in [0.1, 0.15) is 0 Å². The molecule has 0 unspecified atom stereocenters. The lowest BCUT2D eigenvalue weighted by molar-refractivity contribution is -0.385. The van der Waals surface area contributed by atoms with Crippen LogP contribution in [0.1, 0.15) is 11.1 Å². The maximum absolute atomic E-state index is 12.2. The van der Waals surface area contributed by atoms with Gasteiger partial charge in [-0.3, -0.25) is 10.1 Å². The van der Waals surface area contributed by atoms with Crippen LogP contribution in [0, 0.1) is 17.0 Å². The molecule has 0 saturated carbocycles. The van der Waals surface area contributed by atoms with Crippen LogP contribution >= 0.6 is 11.6 Å². The van der Waals surface area contributed by atoms with E-state index in [0.29, 0.717) is 16.1 Å². The van der Waals surface area contributed by atoms with Crippen LogP contribution in [0.15, 0.2) is 47.4 Å². The Bertz CT molecular complexity index is 821. The van der Waals surface area contributed by atoms with Crippen LogP contribution in [-0.2, 0) is 16.6 Å². The third-order valence-corrected chi connectivity index (χ3v) is 4.68. The minimum Gasteiger partial charge on any atom is -0.258 e. The number of nitrogens with one attached hydrogen (secondary N) is 1. The molecule has 0 saturated heterocycles. The van der Waals surface area contributed by atoms with Gasteiger partial charge in [0.2, 0.25) is 10.0 Å². The smallest absolute Gasteiger partial charge is 0.258 e. The minimum absolute atomic E-state index is 0.0462. The van der Waals surface area contributed by atoms with Crippen molar-refractivity contribution < 1.29 is 13.3 Å². The third-order valence-electron chi connectivity index (χ3n) is 3.04. The molecular formula is C14H13ClN2O4S. The lowest BCUT2D eigenvalue weighted by Gasteiger charge is -2.08. The molecule has 2 aromatic rings. The van der Waals surface area contributed by atoms with Crippen LogP contribution in [-0.4, -0.2) is 13.3 Å². The van der Waals surface area contributed by atoms with Crippen LogP contribution in [0.3, 0.4) is 0 Å². The van der Waals surface area contributed by atoms with Crippen LogP contribution in [0.25, 0.3) is 0 Å². The Kier molecular flexibility index (Phi) is 4.80. The molecule has 0 radical (unpaired) electrons. The number of sulfonamides is 1. The fourth-order valence-electron chi connectivity index (χ4n) is 1.86. The number of rotatable bonds is 5. The van der Waals surface area contributed by atoms with E-state index in [9.17, 15) is 18.5 Å². The molecule has 22 heavy (non-hydrogen) atoms. The molecule has 0 bridgehead atoms. The lowest BCUT2D eigenvalue weighted by Crippen LogP contribution is -2.23. The maximum Gasteiger partial charge on any atom is 0.273 e. The van der Waals surface area contributed by atoms with E-state index in [-0.39, 0.29) is 17.1 Å². The number of nitro benzene ring substituents is 1. The van der Waals surface area contributed by atoms with E-state index in [1.165, 1.54) is 12.1 Å². The molecule has 0 fully saturated rings. The second-order valence-electron chi connectivity index (χ2n) is 4.66. The molecule has 0 amide bonds. The molecule has 116 valence electrons. The van der Waals surface area contributed by atoms with Gasteiger partial charge in [0.05, 0.1) is 9.82 Å². The van der Waals surface area contributed by atoms with Crippen LogP contribution < -0.4 is 4.72 Å². The Labute approximate surface area is 132 Å². The van der Waals surface area contributed by atoms with Crippen molar-refractivity contribution in [3.05, 3.63) is 68.7 Å². The molecule has 0 heterocycles. The topological polar surface area (TPSA) is 89.3 Å². The highest BCUT2D eigenvalue weighted by Crippen LogP contribution is 2.22. The zero-order valence-corrected chi connectivity index (χ0v) is 13.2. The number of hydrogen-bond acceptors (Lipinski definition) is 4. The molecule has 0 spiro atoms. The van der Waals surface area contributed by atoms with Gasteiger partial charge in [0.15, 0.2) is 0 Å². The van der Waals surface area contributed by atoms with Crippen molar-refractivity contribution in [3.63, 3.8) is 0 Å². The Hall–Kier alpha value is -1.96. The molecule has 0 atom stereocenters. The normalized spacial score (nSPS) is 11.4. The Morgan fingerprint density at radius 1 is 1.23 bits per heavy atom. The minimum atomic E-state index is -3.84.